The molecule has 7 rings (SSSR count). The maximum Gasteiger partial charge on any atom is 0.417 e. The molecule has 9 atom stereocenters. The maximum atomic E-state index is 14.3. The van der Waals surface area contributed by atoms with E-state index in [-0.39, 0.29) is 36.6 Å². The Kier molecular flexibility index (Phi) is 7.78. The number of esters is 1. The molecule has 1 aromatic carbocycles. The number of hydrogen-bond acceptors (Lipinski definition) is 10. The molecule has 12 heteroatoms. The molecule has 3 saturated carbocycles. The van der Waals surface area contributed by atoms with E-state index in [2.05, 4.69) is 6.92 Å². The first-order chi connectivity index (χ1) is 22.8. The van der Waals surface area contributed by atoms with Gasteiger partial charge in [-0.1, -0.05) is 37.6 Å². The Bertz CT molecular complexity index is 1760. The zero-order valence-electron chi connectivity index (χ0n) is 26.8. The number of carboxylic acids is 1. The van der Waals surface area contributed by atoms with Crippen molar-refractivity contribution < 1.29 is 48.7 Å². The summed E-state index contributed by atoms with van der Waals surface area (Å²) in [5, 5.41) is 30.5. The number of anilines is 1. The Balaban J connectivity index is 1.20. The fraction of sp³-hybridized carbons (Fsp3) is 0.500. The molecule has 4 aliphatic carbocycles. The van der Waals surface area contributed by atoms with Crippen LogP contribution in [-0.4, -0.2) is 67.8 Å². The number of aliphatic hydroxyl groups excluding tert-OH is 2. The number of nitrogens with zero attached hydrogens (tertiary/aromatic N) is 1. The highest BCUT2D eigenvalue weighted by Crippen LogP contribution is 2.70. The van der Waals surface area contributed by atoms with Crippen LogP contribution in [0.4, 0.5) is 5.69 Å². The number of carboxylic acid groups (broad SMARTS) is 1. The van der Waals surface area contributed by atoms with Crippen molar-refractivity contribution in [3.05, 3.63) is 77.2 Å². The number of aliphatic carboxylic acids is 1. The van der Waals surface area contributed by atoms with E-state index in [9.17, 15) is 29.4 Å². The van der Waals surface area contributed by atoms with Crippen molar-refractivity contribution in [1.82, 2.24) is 4.57 Å². The fourth-order valence-electron chi connectivity index (χ4n) is 9.81. The van der Waals surface area contributed by atoms with E-state index >= 15 is 0 Å². The van der Waals surface area contributed by atoms with Crippen LogP contribution in [0.2, 0.25) is 0 Å². The van der Waals surface area contributed by atoms with Gasteiger partial charge < -0.3 is 39.8 Å². The number of ketones is 2. The van der Waals surface area contributed by atoms with E-state index < -0.39 is 59.3 Å². The highest BCUT2D eigenvalue weighted by atomic mass is 16.7. The number of aromatic nitrogens is 1. The second kappa shape index (κ2) is 11.5. The van der Waals surface area contributed by atoms with Gasteiger partial charge in [-0.05, 0) is 67.4 Å². The van der Waals surface area contributed by atoms with Gasteiger partial charge in [0.2, 0.25) is 5.78 Å². The standard InChI is InChI=1S/C36H40N2O10/c1-34-9-7-23(40)12-22(34)5-6-24-25-13-29-36(28(42)18-46-32(45)31(43)44,35(25,2)14-27(41)30(24)34)48-33(47-29)20-8-10-38(16-20)15-19-3-4-21(17-39)26(37)11-19/h3-4,7-12,16,24-25,27,29-30,33,39,41H,5-6,13-15,17-18,37H2,1-2H3,(H,43,44)/t24-,25-,27-,29+,30+,33+,34-,35-,36+/m0/s1. The number of allylic oxidation sites excluding steroid dienone is 4. The van der Waals surface area contributed by atoms with Crippen molar-refractivity contribution in [2.45, 2.75) is 76.8 Å². The summed E-state index contributed by atoms with van der Waals surface area (Å²) in [6.07, 6.45) is 8.37. The molecule has 1 aromatic heterocycles. The van der Waals surface area contributed by atoms with Crippen LogP contribution in [0.5, 0.6) is 0 Å². The molecule has 5 N–H and O–H groups in total. The molecule has 0 bridgehead atoms. The van der Waals surface area contributed by atoms with Crippen LogP contribution < -0.4 is 5.73 Å². The number of rotatable bonds is 7. The summed E-state index contributed by atoms with van der Waals surface area (Å²) in [5.74, 6) is -4.34. The lowest BCUT2D eigenvalue weighted by Crippen LogP contribution is -2.63. The van der Waals surface area contributed by atoms with Crippen molar-refractivity contribution in [2.24, 2.45) is 28.6 Å². The van der Waals surface area contributed by atoms with Crippen LogP contribution in [0.1, 0.15) is 62.5 Å². The number of carbonyl (C=O) groups excluding carboxylic acids is 3. The molecular weight excluding hydrogens is 620 g/mol. The average molecular weight is 661 g/mol. The molecule has 12 nitrogen and oxygen atoms in total. The second-order valence-corrected chi connectivity index (χ2v) is 14.4. The molecule has 0 amide bonds. The SMILES string of the molecule is C[C@]12C=CC(=O)C=C1CC[C@@H]1[C@@H]2[C@@H](O)C[C@@]2(C)[C@H]1C[C@H]1O[C@@H](c3ccn(Cc4ccc(CO)c(N)c4)c3)O[C@]12C(=O)COC(=O)C(=O)O. The monoisotopic (exact) mass is 660 g/mol. The molecule has 1 aliphatic heterocycles. The number of benzene rings is 1. The van der Waals surface area contributed by atoms with Gasteiger partial charge in [0.25, 0.3) is 0 Å². The predicted octanol–water partition coefficient (Wildman–Crippen LogP) is 2.85. The number of nitrogen functional groups attached to an aromatic ring is 1. The molecule has 254 valence electrons. The third-order valence-electron chi connectivity index (χ3n) is 12.0. The zero-order valence-corrected chi connectivity index (χ0v) is 26.8. The Morgan fingerprint density at radius 2 is 1.98 bits per heavy atom. The van der Waals surface area contributed by atoms with Crippen molar-refractivity contribution in [3.63, 3.8) is 0 Å². The molecule has 5 aliphatic rings. The van der Waals surface area contributed by atoms with Gasteiger partial charge >= 0.3 is 11.9 Å². The van der Waals surface area contributed by atoms with E-state index in [0.717, 1.165) is 11.1 Å². The number of nitrogens with two attached hydrogens (primary N) is 1. The number of hydrogen-bond donors (Lipinski definition) is 4. The van der Waals surface area contributed by atoms with E-state index in [4.69, 9.17) is 25.1 Å². The molecule has 4 fully saturated rings. The molecule has 2 heterocycles. The van der Waals surface area contributed by atoms with Gasteiger partial charge in [-0.3, -0.25) is 9.59 Å². The normalized spacial score (nSPS) is 36.4. The summed E-state index contributed by atoms with van der Waals surface area (Å²) >= 11 is 0. The Labute approximate surface area is 277 Å². The largest absolute Gasteiger partial charge is 0.473 e. The number of ether oxygens (including phenoxy) is 3. The van der Waals surface area contributed by atoms with E-state index in [0.29, 0.717) is 42.6 Å². The van der Waals surface area contributed by atoms with Crippen LogP contribution in [0, 0.1) is 28.6 Å². The van der Waals surface area contributed by atoms with Crippen LogP contribution >= 0.6 is 0 Å². The van der Waals surface area contributed by atoms with Crippen molar-refractivity contribution in [2.75, 3.05) is 12.3 Å². The van der Waals surface area contributed by atoms with Crippen LogP contribution in [0.15, 0.2) is 60.5 Å². The minimum atomic E-state index is -1.81. The Hall–Kier alpha value is -4.10. The van der Waals surface area contributed by atoms with Crippen LogP contribution in [-0.2, 0) is 46.5 Å². The van der Waals surface area contributed by atoms with Gasteiger partial charge in [0.05, 0.1) is 18.8 Å². The number of Topliss-reactive ketones (excluding diaryl/α,β-unsaturated/α-hetero) is 1. The predicted molar refractivity (Wildman–Crippen MR) is 169 cm³/mol. The first-order valence-electron chi connectivity index (χ1n) is 16.3. The van der Waals surface area contributed by atoms with Gasteiger partial charge in [0.1, 0.15) is 0 Å². The van der Waals surface area contributed by atoms with Gasteiger partial charge in [0, 0.05) is 52.5 Å². The summed E-state index contributed by atoms with van der Waals surface area (Å²) in [5.41, 5.74) is 6.70. The quantitative estimate of drug-likeness (QED) is 0.194. The van der Waals surface area contributed by atoms with E-state index in [1.54, 1.807) is 24.3 Å². The van der Waals surface area contributed by atoms with Crippen LogP contribution in [0.25, 0.3) is 0 Å². The van der Waals surface area contributed by atoms with Crippen molar-refractivity contribution in [1.29, 1.82) is 0 Å². The Morgan fingerprint density at radius 3 is 2.71 bits per heavy atom. The summed E-state index contributed by atoms with van der Waals surface area (Å²) < 4.78 is 20.1. The van der Waals surface area contributed by atoms with Gasteiger partial charge in [-0.25, -0.2) is 9.59 Å². The maximum absolute atomic E-state index is 14.3. The number of aliphatic hydroxyl groups is 2. The molecule has 0 radical (unpaired) electrons. The van der Waals surface area contributed by atoms with E-state index in [1.807, 2.05) is 42.1 Å². The summed E-state index contributed by atoms with van der Waals surface area (Å²) in [6, 6.07) is 7.30. The number of carbonyl (C=O) groups is 4. The molecule has 48 heavy (non-hydrogen) atoms. The summed E-state index contributed by atoms with van der Waals surface area (Å²) in [4.78, 5) is 49.6. The molecule has 1 saturated heterocycles. The van der Waals surface area contributed by atoms with E-state index in [1.165, 1.54) is 0 Å². The lowest BCUT2D eigenvalue weighted by Gasteiger charge is -2.59. The smallest absolute Gasteiger partial charge is 0.417 e. The topological polar surface area (TPSA) is 188 Å². The zero-order chi connectivity index (χ0) is 34.2. The highest BCUT2D eigenvalue weighted by molar-refractivity contribution is 6.28. The van der Waals surface area contributed by atoms with Gasteiger partial charge in [0.15, 0.2) is 24.3 Å². The lowest BCUT2D eigenvalue weighted by molar-refractivity contribution is -0.202. The second-order valence-electron chi connectivity index (χ2n) is 14.4. The third kappa shape index (κ3) is 4.80. The first kappa shape index (κ1) is 32.4. The third-order valence-corrected chi connectivity index (χ3v) is 12.0. The van der Waals surface area contributed by atoms with Gasteiger partial charge in [-0.15, -0.1) is 0 Å². The fourth-order valence-corrected chi connectivity index (χ4v) is 9.81. The van der Waals surface area contributed by atoms with Gasteiger partial charge in [-0.2, -0.15) is 0 Å². The molecule has 2 aromatic rings. The van der Waals surface area contributed by atoms with Crippen LogP contribution in [0.3, 0.4) is 0 Å². The highest BCUT2D eigenvalue weighted by Gasteiger charge is 2.76. The minimum absolute atomic E-state index is 0.0213. The average Bonchev–Trinajstić information content (AvgIpc) is 3.72. The summed E-state index contributed by atoms with van der Waals surface area (Å²) in [6.45, 7) is 3.51. The summed E-state index contributed by atoms with van der Waals surface area (Å²) in [7, 11) is 0. The lowest BCUT2D eigenvalue weighted by atomic mass is 9.46. The molecular formula is C36H40N2O10. The molecule has 0 unspecified atom stereocenters. The Morgan fingerprint density at radius 1 is 1.19 bits per heavy atom. The molecule has 0 spiro atoms. The first-order valence-corrected chi connectivity index (χ1v) is 16.3. The number of fused-ring (bicyclic) bond motifs is 7. The minimum Gasteiger partial charge on any atom is -0.473 e. The van der Waals surface area contributed by atoms with Crippen molar-refractivity contribution >= 4 is 29.2 Å². The van der Waals surface area contributed by atoms with Crippen molar-refractivity contribution in [3.8, 4) is 0 Å².